The maximum atomic E-state index is 11.4. The summed E-state index contributed by atoms with van der Waals surface area (Å²) >= 11 is 0. The summed E-state index contributed by atoms with van der Waals surface area (Å²) in [7, 11) is 0. The zero-order valence-corrected chi connectivity index (χ0v) is 12.1. The van der Waals surface area contributed by atoms with Gasteiger partial charge in [-0.15, -0.1) is 0 Å². The van der Waals surface area contributed by atoms with Gasteiger partial charge in [0.05, 0.1) is 0 Å². The van der Waals surface area contributed by atoms with Crippen molar-refractivity contribution in [2.75, 3.05) is 6.54 Å². The van der Waals surface area contributed by atoms with Crippen LogP contribution >= 0.6 is 0 Å². The first kappa shape index (κ1) is 16.2. The topological polar surface area (TPSA) is 29.5 Å². The minimum atomic E-state index is -0.270. The molecule has 0 bridgehead atoms. The Balaban J connectivity index is 4.65. The van der Waals surface area contributed by atoms with E-state index in [1.54, 1.807) is 6.08 Å². The molecule has 0 rings (SSSR count). The number of carbonyl (C=O) groups excluding carboxylic acids is 1. The minimum Gasteiger partial charge on any atom is -0.443 e. The summed E-state index contributed by atoms with van der Waals surface area (Å²) in [4.78, 5) is 13.7. The molecule has 0 aromatic heterocycles. The third kappa shape index (κ3) is 5.35. The third-order valence-corrected chi connectivity index (χ3v) is 3.14. The van der Waals surface area contributed by atoms with E-state index in [-0.39, 0.29) is 17.7 Å². The lowest BCUT2D eigenvalue weighted by molar-refractivity contribution is -0.157. The maximum Gasteiger partial charge on any atom is 0.331 e. The first-order valence-electron chi connectivity index (χ1n) is 6.49. The molecule has 0 aliphatic carbocycles. The first-order chi connectivity index (χ1) is 7.88. The van der Waals surface area contributed by atoms with E-state index in [1.807, 2.05) is 13.8 Å². The largest absolute Gasteiger partial charge is 0.443 e. The molecule has 1 unspecified atom stereocenters. The van der Waals surface area contributed by atoms with Crippen molar-refractivity contribution < 1.29 is 9.53 Å². The van der Waals surface area contributed by atoms with Gasteiger partial charge in [-0.05, 0) is 40.5 Å². The van der Waals surface area contributed by atoms with Gasteiger partial charge < -0.3 is 4.74 Å². The Kier molecular flexibility index (Phi) is 7.12. The predicted molar refractivity (Wildman–Crippen MR) is 71.7 cm³/mol. The Hall–Kier alpha value is -0.830. The smallest absolute Gasteiger partial charge is 0.331 e. The lowest BCUT2D eigenvalue weighted by atomic mass is 9.98. The molecule has 0 aliphatic heterocycles. The van der Waals surface area contributed by atoms with Crippen LogP contribution in [0.25, 0.3) is 0 Å². The Labute approximate surface area is 106 Å². The number of rotatable bonds is 7. The molecule has 0 saturated carbocycles. The van der Waals surface area contributed by atoms with Crippen LogP contribution in [0.4, 0.5) is 0 Å². The van der Waals surface area contributed by atoms with E-state index in [0.717, 1.165) is 19.4 Å². The third-order valence-electron chi connectivity index (χ3n) is 3.14. The van der Waals surface area contributed by atoms with Gasteiger partial charge in [-0.3, -0.25) is 4.90 Å². The first-order valence-corrected chi connectivity index (χ1v) is 6.49. The van der Waals surface area contributed by atoms with Gasteiger partial charge in [0.2, 0.25) is 0 Å². The van der Waals surface area contributed by atoms with Crippen LogP contribution in [0.5, 0.6) is 0 Å². The summed E-state index contributed by atoms with van der Waals surface area (Å²) in [5.41, 5.74) is 0.0473. The van der Waals surface area contributed by atoms with Crippen LogP contribution in [-0.2, 0) is 9.53 Å². The highest BCUT2D eigenvalue weighted by atomic mass is 16.6. The van der Waals surface area contributed by atoms with Crippen molar-refractivity contribution in [2.24, 2.45) is 0 Å². The molecular weight excluding hydrogens is 214 g/mol. The van der Waals surface area contributed by atoms with Crippen molar-refractivity contribution in [1.82, 2.24) is 4.90 Å². The van der Waals surface area contributed by atoms with Gasteiger partial charge >= 0.3 is 5.97 Å². The van der Waals surface area contributed by atoms with Crippen molar-refractivity contribution in [1.29, 1.82) is 0 Å². The Morgan fingerprint density at radius 1 is 1.41 bits per heavy atom. The van der Waals surface area contributed by atoms with E-state index in [9.17, 15) is 4.79 Å². The number of esters is 1. The SMILES string of the molecule is C/C=C\C(=O)OC(C)N(CCC)C(C)(C)CC. The second kappa shape index (κ2) is 7.49. The number of ether oxygens (including phenoxy) is 1. The maximum absolute atomic E-state index is 11.4. The molecule has 17 heavy (non-hydrogen) atoms. The molecule has 0 aromatic carbocycles. The van der Waals surface area contributed by atoms with Crippen LogP contribution in [0.2, 0.25) is 0 Å². The average molecular weight is 241 g/mol. The summed E-state index contributed by atoms with van der Waals surface area (Å²) in [6.07, 6.45) is 5.05. The van der Waals surface area contributed by atoms with E-state index in [1.165, 1.54) is 6.08 Å². The van der Waals surface area contributed by atoms with Gasteiger partial charge in [-0.1, -0.05) is 19.9 Å². The molecule has 0 fully saturated rings. The summed E-state index contributed by atoms with van der Waals surface area (Å²) in [5.74, 6) is -0.270. The van der Waals surface area contributed by atoms with Gasteiger partial charge in [0.1, 0.15) is 0 Å². The fourth-order valence-corrected chi connectivity index (χ4v) is 1.83. The van der Waals surface area contributed by atoms with Gasteiger partial charge in [0, 0.05) is 18.2 Å². The molecule has 0 aromatic rings. The van der Waals surface area contributed by atoms with Crippen molar-refractivity contribution >= 4 is 5.97 Å². The minimum absolute atomic E-state index is 0.0473. The second-order valence-corrected chi connectivity index (χ2v) is 4.90. The van der Waals surface area contributed by atoms with Gasteiger partial charge in [0.15, 0.2) is 6.23 Å². The van der Waals surface area contributed by atoms with Gasteiger partial charge in [-0.2, -0.15) is 0 Å². The quantitative estimate of drug-likeness (QED) is 0.389. The Morgan fingerprint density at radius 2 is 2.00 bits per heavy atom. The van der Waals surface area contributed by atoms with Crippen molar-refractivity contribution in [2.45, 2.75) is 66.2 Å². The van der Waals surface area contributed by atoms with E-state index in [2.05, 4.69) is 32.6 Å². The highest BCUT2D eigenvalue weighted by Crippen LogP contribution is 2.22. The van der Waals surface area contributed by atoms with E-state index in [4.69, 9.17) is 4.74 Å². The zero-order chi connectivity index (χ0) is 13.5. The molecule has 0 saturated heterocycles. The monoisotopic (exact) mass is 241 g/mol. The van der Waals surface area contributed by atoms with Crippen LogP contribution in [0, 0.1) is 0 Å². The van der Waals surface area contributed by atoms with Gasteiger partial charge in [-0.25, -0.2) is 4.79 Å². The van der Waals surface area contributed by atoms with Gasteiger partial charge in [0.25, 0.3) is 0 Å². The zero-order valence-electron chi connectivity index (χ0n) is 12.1. The number of allylic oxidation sites excluding steroid dienone is 1. The van der Waals surface area contributed by atoms with Crippen molar-refractivity contribution in [3.63, 3.8) is 0 Å². The van der Waals surface area contributed by atoms with E-state index in [0.29, 0.717) is 0 Å². The molecular formula is C14H27NO2. The van der Waals surface area contributed by atoms with Crippen LogP contribution in [0.3, 0.4) is 0 Å². The average Bonchev–Trinajstić information content (AvgIpc) is 2.25. The fourth-order valence-electron chi connectivity index (χ4n) is 1.83. The molecule has 3 heteroatoms. The van der Waals surface area contributed by atoms with E-state index >= 15 is 0 Å². The summed E-state index contributed by atoms with van der Waals surface area (Å²) in [6.45, 7) is 13.3. The molecule has 0 amide bonds. The predicted octanol–water partition coefficient (Wildman–Crippen LogP) is 3.35. The highest BCUT2D eigenvalue weighted by molar-refractivity contribution is 5.81. The van der Waals surface area contributed by atoms with Crippen LogP contribution < -0.4 is 0 Å². The number of carbonyl (C=O) groups is 1. The van der Waals surface area contributed by atoms with Crippen LogP contribution in [0.15, 0.2) is 12.2 Å². The number of hydrogen-bond acceptors (Lipinski definition) is 3. The van der Waals surface area contributed by atoms with Crippen molar-refractivity contribution in [3.8, 4) is 0 Å². The molecule has 0 spiro atoms. The molecule has 0 aliphatic rings. The molecule has 0 radical (unpaired) electrons. The van der Waals surface area contributed by atoms with Crippen molar-refractivity contribution in [3.05, 3.63) is 12.2 Å². The molecule has 100 valence electrons. The molecule has 3 nitrogen and oxygen atoms in total. The summed E-state index contributed by atoms with van der Waals surface area (Å²) < 4.78 is 5.39. The van der Waals surface area contributed by atoms with Crippen LogP contribution in [0.1, 0.15) is 54.4 Å². The molecule has 0 heterocycles. The fraction of sp³-hybridized carbons (Fsp3) is 0.786. The summed E-state index contributed by atoms with van der Waals surface area (Å²) in [6, 6.07) is 0. The lowest BCUT2D eigenvalue weighted by Gasteiger charge is -2.41. The molecule has 1 atom stereocenters. The Morgan fingerprint density at radius 3 is 2.41 bits per heavy atom. The normalized spacial score (nSPS) is 14.3. The standard InChI is InChI=1S/C14H27NO2/c1-7-10-13(16)17-12(4)15(11-8-2)14(5,6)9-3/h7,10,12H,8-9,11H2,1-6H3/b10-7-. The Bertz CT molecular complexity index is 259. The number of hydrogen-bond donors (Lipinski definition) is 0. The molecule has 0 N–H and O–H groups in total. The lowest BCUT2D eigenvalue weighted by Crippen LogP contribution is -2.50. The van der Waals surface area contributed by atoms with Crippen LogP contribution in [-0.4, -0.2) is 29.2 Å². The highest BCUT2D eigenvalue weighted by Gasteiger charge is 2.29. The van der Waals surface area contributed by atoms with E-state index < -0.39 is 0 Å². The number of nitrogens with zero attached hydrogens (tertiary/aromatic N) is 1. The second-order valence-electron chi connectivity index (χ2n) is 4.90. The summed E-state index contributed by atoms with van der Waals surface area (Å²) in [5, 5.41) is 0.